The fourth-order valence-electron chi connectivity index (χ4n) is 4.37. The maximum Gasteiger partial charge on any atom is 0.131 e. The van der Waals surface area contributed by atoms with Crippen molar-refractivity contribution in [3.63, 3.8) is 0 Å². The molecule has 5 nitrogen and oxygen atoms in total. The zero-order valence-corrected chi connectivity index (χ0v) is 16.0. The van der Waals surface area contributed by atoms with E-state index in [9.17, 15) is 9.50 Å². The minimum atomic E-state index is -0.232. The number of halogens is 1. The van der Waals surface area contributed by atoms with Crippen LogP contribution in [0.15, 0.2) is 18.2 Å². The molecular weight excluding hydrogens is 335 g/mol. The van der Waals surface area contributed by atoms with E-state index >= 15 is 0 Å². The largest absolute Gasteiger partial charge is 0.497 e. The second-order valence-electron chi connectivity index (χ2n) is 7.83. The van der Waals surface area contributed by atoms with E-state index in [4.69, 9.17) is 9.47 Å². The molecule has 1 aromatic carbocycles. The summed E-state index contributed by atoms with van der Waals surface area (Å²) < 4.78 is 25.1. The van der Waals surface area contributed by atoms with Crippen molar-refractivity contribution in [2.75, 3.05) is 46.4 Å². The zero-order chi connectivity index (χ0) is 18.7. The summed E-state index contributed by atoms with van der Waals surface area (Å²) in [7, 11) is 1.54. The number of ether oxygens (including phenoxy) is 2. The van der Waals surface area contributed by atoms with E-state index in [0.717, 1.165) is 32.7 Å². The Bertz CT molecular complexity index is 590. The third-order valence-corrected chi connectivity index (χ3v) is 5.53. The van der Waals surface area contributed by atoms with Gasteiger partial charge in [0.2, 0.25) is 0 Å². The number of hydrogen-bond acceptors (Lipinski definition) is 5. The van der Waals surface area contributed by atoms with Gasteiger partial charge in [-0.3, -0.25) is 9.80 Å². The lowest BCUT2D eigenvalue weighted by Gasteiger charge is -2.37. The predicted octanol–water partition coefficient (Wildman–Crippen LogP) is 1.98. The van der Waals surface area contributed by atoms with Gasteiger partial charge in [-0.1, -0.05) is 6.07 Å². The van der Waals surface area contributed by atoms with Gasteiger partial charge in [0, 0.05) is 57.5 Å². The molecule has 1 aromatic rings. The fraction of sp³-hybridized carbons (Fsp3) is 0.700. The summed E-state index contributed by atoms with van der Waals surface area (Å²) in [5.74, 6) is 0.946. The Hall–Kier alpha value is -1.21. The van der Waals surface area contributed by atoms with Crippen molar-refractivity contribution in [1.82, 2.24) is 9.80 Å². The third-order valence-electron chi connectivity index (χ3n) is 5.53. The number of morpholine rings is 1. The first-order valence-electron chi connectivity index (χ1n) is 9.52. The van der Waals surface area contributed by atoms with E-state index in [-0.39, 0.29) is 30.5 Å². The summed E-state index contributed by atoms with van der Waals surface area (Å²) in [6.07, 6.45) is 0.495. The Labute approximate surface area is 155 Å². The monoisotopic (exact) mass is 366 g/mol. The molecule has 2 aliphatic rings. The highest BCUT2D eigenvalue weighted by Gasteiger charge is 2.35. The van der Waals surface area contributed by atoms with Crippen LogP contribution >= 0.6 is 0 Å². The van der Waals surface area contributed by atoms with Crippen molar-refractivity contribution >= 4 is 0 Å². The van der Waals surface area contributed by atoms with Gasteiger partial charge in [0.05, 0.1) is 19.3 Å². The van der Waals surface area contributed by atoms with E-state index in [2.05, 4.69) is 23.6 Å². The molecule has 0 unspecified atom stereocenters. The topological polar surface area (TPSA) is 45.2 Å². The van der Waals surface area contributed by atoms with Crippen molar-refractivity contribution < 1.29 is 19.0 Å². The Morgan fingerprint density at radius 2 is 1.81 bits per heavy atom. The highest BCUT2D eigenvalue weighted by atomic mass is 19.1. The molecule has 3 rings (SSSR count). The molecule has 146 valence electrons. The lowest BCUT2D eigenvalue weighted by molar-refractivity contribution is -0.0727. The maximum atomic E-state index is 14.2. The first-order valence-corrected chi connectivity index (χ1v) is 9.52. The summed E-state index contributed by atoms with van der Waals surface area (Å²) in [6.45, 7) is 9.50. The molecule has 0 aliphatic carbocycles. The van der Waals surface area contributed by atoms with Crippen LogP contribution in [0.2, 0.25) is 0 Å². The van der Waals surface area contributed by atoms with Crippen LogP contribution in [0.25, 0.3) is 0 Å². The summed E-state index contributed by atoms with van der Waals surface area (Å²) in [4.78, 5) is 4.70. The maximum absolute atomic E-state index is 14.2. The Kier molecular flexibility index (Phi) is 6.51. The van der Waals surface area contributed by atoms with E-state index < -0.39 is 0 Å². The molecule has 1 N–H and O–H groups in total. The van der Waals surface area contributed by atoms with Crippen LogP contribution in [0.1, 0.15) is 19.4 Å². The number of aliphatic hydroxyl groups excluding tert-OH is 1. The lowest BCUT2D eigenvalue weighted by atomic mass is 9.96. The highest BCUT2D eigenvalue weighted by molar-refractivity contribution is 5.28. The van der Waals surface area contributed by atoms with Gasteiger partial charge in [-0.15, -0.1) is 0 Å². The van der Waals surface area contributed by atoms with Gasteiger partial charge in [0.25, 0.3) is 0 Å². The highest BCUT2D eigenvalue weighted by Crippen LogP contribution is 2.28. The second-order valence-corrected chi connectivity index (χ2v) is 7.83. The van der Waals surface area contributed by atoms with Gasteiger partial charge in [0.15, 0.2) is 0 Å². The van der Waals surface area contributed by atoms with Gasteiger partial charge in [-0.2, -0.15) is 0 Å². The Morgan fingerprint density at radius 3 is 2.42 bits per heavy atom. The van der Waals surface area contributed by atoms with Crippen LogP contribution in [-0.4, -0.2) is 73.6 Å². The molecular formula is C20H31FN2O3. The van der Waals surface area contributed by atoms with E-state index in [1.165, 1.54) is 6.07 Å². The molecule has 0 amide bonds. The van der Waals surface area contributed by atoms with E-state index in [1.807, 2.05) is 0 Å². The zero-order valence-electron chi connectivity index (χ0n) is 16.0. The molecule has 2 aliphatic heterocycles. The molecule has 6 heteroatoms. The molecule has 2 saturated heterocycles. The van der Waals surface area contributed by atoms with Gasteiger partial charge in [-0.05, 0) is 31.7 Å². The number of aliphatic hydroxyl groups is 1. The molecule has 0 aromatic heterocycles. The number of rotatable bonds is 6. The standard InChI is InChI=1S/C20H31FN2O3/c1-14-7-22(8-15(2)26-14)10-17-11-23(12-18(17)13-24)9-16-4-5-19(25-3)6-20(16)21/h4-6,14-15,17-18,24H,7-13H2,1-3H3/t14-,15+,17-,18-/m1/s1. The number of benzene rings is 1. The first kappa shape index (κ1) is 19.5. The summed E-state index contributed by atoms with van der Waals surface area (Å²) in [6, 6.07) is 5.02. The molecule has 0 spiro atoms. The van der Waals surface area contributed by atoms with Crippen LogP contribution in [-0.2, 0) is 11.3 Å². The summed E-state index contributed by atoms with van der Waals surface area (Å²) >= 11 is 0. The minimum Gasteiger partial charge on any atom is -0.497 e. The molecule has 2 fully saturated rings. The van der Waals surface area contributed by atoms with E-state index in [0.29, 0.717) is 23.8 Å². The van der Waals surface area contributed by atoms with Crippen molar-refractivity contribution in [3.05, 3.63) is 29.6 Å². The van der Waals surface area contributed by atoms with Crippen LogP contribution in [0.4, 0.5) is 4.39 Å². The van der Waals surface area contributed by atoms with Gasteiger partial charge in [-0.25, -0.2) is 4.39 Å². The average molecular weight is 366 g/mol. The van der Waals surface area contributed by atoms with Crippen molar-refractivity contribution in [3.8, 4) is 5.75 Å². The normalized spacial score (nSPS) is 30.7. The quantitative estimate of drug-likeness (QED) is 0.834. The average Bonchev–Trinajstić information content (AvgIpc) is 2.97. The Balaban J connectivity index is 1.60. The van der Waals surface area contributed by atoms with Crippen LogP contribution in [0, 0.1) is 17.7 Å². The molecule has 4 atom stereocenters. The number of hydrogen-bond donors (Lipinski definition) is 1. The third kappa shape index (κ3) is 4.74. The predicted molar refractivity (Wildman–Crippen MR) is 98.7 cm³/mol. The van der Waals surface area contributed by atoms with Gasteiger partial charge < -0.3 is 14.6 Å². The minimum absolute atomic E-state index is 0.182. The van der Waals surface area contributed by atoms with Gasteiger partial charge in [0.1, 0.15) is 11.6 Å². The summed E-state index contributed by atoms with van der Waals surface area (Å²) in [5, 5.41) is 9.82. The number of likely N-dealkylation sites (tertiary alicyclic amines) is 1. The smallest absolute Gasteiger partial charge is 0.131 e. The SMILES string of the molecule is COc1ccc(CN2C[C@H](CO)[C@H](CN3C[C@@H](C)O[C@@H](C)C3)C2)c(F)c1. The second kappa shape index (κ2) is 8.65. The van der Waals surface area contributed by atoms with Crippen molar-refractivity contribution in [2.24, 2.45) is 11.8 Å². The van der Waals surface area contributed by atoms with Crippen LogP contribution in [0.3, 0.4) is 0 Å². The molecule has 26 heavy (non-hydrogen) atoms. The van der Waals surface area contributed by atoms with E-state index in [1.54, 1.807) is 19.2 Å². The van der Waals surface area contributed by atoms with Crippen molar-refractivity contribution in [2.45, 2.75) is 32.6 Å². The molecule has 2 heterocycles. The van der Waals surface area contributed by atoms with Crippen molar-refractivity contribution in [1.29, 1.82) is 0 Å². The van der Waals surface area contributed by atoms with Gasteiger partial charge >= 0.3 is 0 Å². The molecule has 0 bridgehead atoms. The summed E-state index contributed by atoms with van der Waals surface area (Å²) in [5.41, 5.74) is 0.678. The van der Waals surface area contributed by atoms with Crippen LogP contribution < -0.4 is 4.74 Å². The van der Waals surface area contributed by atoms with Crippen LogP contribution in [0.5, 0.6) is 5.75 Å². The Morgan fingerprint density at radius 1 is 1.12 bits per heavy atom. The number of nitrogens with zero attached hydrogens (tertiary/aromatic N) is 2. The number of methoxy groups -OCH3 is 1. The fourth-order valence-corrected chi connectivity index (χ4v) is 4.37. The first-order chi connectivity index (χ1) is 12.5. The lowest BCUT2D eigenvalue weighted by Crippen LogP contribution is -2.48. The molecule has 0 saturated carbocycles. The molecule has 0 radical (unpaired) electrons.